The summed E-state index contributed by atoms with van der Waals surface area (Å²) < 4.78 is 5.36. The Labute approximate surface area is 224 Å². The number of hydrogen-bond acceptors (Lipinski definition) is 4. The Kier molecular flexibility index (Phi) is 11.1. The van der Waals surface area contributed by atoms with E-state index in [0.29, 0.717) is 5.92 Å². The smallest absolute Gasteiger partial charge is 0.164 e. The number of carbonyl (C=O) groups is 1. The van der Waals surface area contributed by atoms with Crippen molar-refractivity contribution in [2.24, 2.45) is 10.8 Å². The average Bonchev–Trinajstić information content (AvgIpc) is 3.21. The summed E-state index contributed by atoms with van der Waals surface area (Å²) in [7, 11) is 0. The number of furan rings is 1. The molecule has 35 heavy (non-hydrogen) atoms. The van der Waals surface area contributed by atoms with Gasteiger partial charge in [-0.15, -0.1) is 34.9 Å². The van der Waals surface area contributed by atoms with Gasteiger partial charge < -0.3 is 14.5 Å². The molecule has 5 heteroatoms. The molecule has 0 amide bonds. The van der Waals surface area contributed by atoms with E-state index in [1.165, 1.54) is 17.2 Å². The number of fused-ring (bicyclic) bond motifs is 1. The van der Waals surface area contributed by atoms with Crippen molar-refractivity contribution in [3.05, 3.63) is 65.8 Å². The van der Waals surface area contributed by atoms with Crippen LogP contribution in [0.2, 0.25) is 0 Å². The Morgan fingerprint density at radius 1 is 1.09 bits per heavy atom. The summed E-state index contributed by atoms with van der Waals surface area (Å²) in [6, 6.07) is 12.0. The fourth-order valence-corrected chi connectivity index (χ4v) is 3.45. The first-order valence-electron chi connectivity index (χ1n) is 12.1. The SMILES string of the molecule is CC(C)(C)C(=O)/C=C(\O)C(C)(C)C.CCC(CC)c1cc(C)[c-]c(-c2cc3ccoc3cn2)c1.[Ir]. The molecule has 3 rings (SSSR count). The molecule has 1 N–H and O–H groups in total. The first-order valence-corrected chi connectivity index (χ1v) is 12.1. The third-order valence-electron chi connectivity index (χ3n) is 5.87. The number of allylic oxidation sites excluding steroid dienone is 2. The molecule has 2 aromatic heterocycles. The van der Waals surface area contributed by atoms with Crippen molar-refractivity contribution in [2.45, 2.75) is 81.1 Å². The minimum absolute atomic E-state index is 0. The Hall–Kier alpha value is -2.23. The summed E-state index contributed by atoms with van der Waals surface area (Å²) in [6.45, 7) is 17.7. The minimum atomic E-state index is -0.417. The number of benzene rings is 1. The third-order valence-corrected chi connectivity index (χ3v) is 5.87. The normalized spacial score (nSPS) is 12.2. The van der Waals surface area contributed by atoms with E-state index in [9.17, 15) is 9.90 Å². The summed E-state index contributed by atoms with van der Waals surface area (Å²) in [5.74, 6) is 0.710. The van der Waals surface area contributed by atoms with E-state index in [0.717, 1.165) is 35.1 Å². The van der Waals surface area contributed by atoms with Crippen molar-refractivity contribution >= 4 is 16.8 Å². The molecule has 3 aromatic rings. The summed E-state index contributed by atoms with van der Waals surface area (Å²) in [5.41, 5.74) is 4.65. The zero-order valence-electron chi connectivity index (χ0n) is 22.6. The molecule has 0 aliphatic carbocycles. The number of aliphatic hydroxyl groups excluding tert-OH is 1. The number of ketones is 1. The zero-order valence-corrected chi connectivity index (χ0v) is 25.0. The maximum atomic E-state index is 11.5. The number of carbonyl (C=O) groups excluding carboxylic acids is 1. The second-order valence-corrected chi connectivity index (χ2v) is 10.9. The number of aryl methyl sites for hydroxylation is 1. The van der Waals surface area contributed by atoms with Gasteiger partial charge in [-0.1, -0.05) is 81.2 Å². The average molecular weight is 655 g/mol. The van der Waals surface area contributed by atoms with Gasteiger partial charge in [0.15, 0.2) is 5.78 Å². The van der Waals surface area contributed by atoms with E-state index in [1.807, 2.05) is 47.6 Å². The van der Waals surface area contributed by atoms with Crippen LogP contribution in [0.4, 0.5) is 0 Å². The molecule has 0 fully saturated rings. The van der Waals surface area contributed by atoms with Crippen LogP contribution in [-0.2, 0) is 24.9 Å². The van der Waals surface area contributed by atoms with E-state index in [2.05, 4.69) is 50.0 Å². The first kappa shape index (κ1) is 30.8. The quantitative estimate of drug-likeness (QED) is 0.170. The predicted octanol–water partition coefficient (Wildman–Crippen LogP) is 8.59. The van der Waals surface area contributed by atoms with Gasteiger partial charge in [0.2, 0.25) is 0 Å². The Morgan fingerprint density at radius 2 is 1.71 bits per heavy atom. The molecule has 0 unspecified atom stereocenters. The molecule has 0 saturated carbocycles. The maximum Gasteiger partial charge on any atom is 0.164 e. The molecule has 0 spiro atoms. The number of aromatic nitrogens is 1. The van der Waals surface area contributed by atoms with Gasteiger partial charge in [0.25, 0.3) is 0 Å². The Balaban J connectivity index is 0.000000383. The van der Waals surface area contributed by atoms with E-state index in [-0.39, 0.29) is 37.1 Å². The third kappa shape index (κ3) is 8.74. The van der Waals surface area contributed by atoms with E-state index >= 15 is 0 Å². The monoisotopic (exact) mass is 655 g/mol. The van der Waals surface area contributed by atoms with E-state index in [1.54, 1.807) is 12.5 Å². The summed E-state index contributed by atoms with van der Waals surface area (Å²) in [6.07, 6.45) is 7.14. The number of aliphatic hydroxyl groups is 1. The van der Waals surface area contributed by atoms with Crippen LogP contribution in [-0.4, -0.2) is 15.9 Å². The Morgan fingerprint density at radius 3 is 2.26 bits per heavy atom. The van der Waals surface area contributed by atoms with Gasteiger partial charge in [0.05, 0.1) is 12.5 Å². The van der Waals surface area contributed by atoms with Crippen LogP contribution in [0.5, 0.6) is 0 Å². The molecule has 0 aliphatic rings. The molecule has 193 valence electrons. The fourth-order valence-electron chi connectivity index (χ4n) is 3.45. The fraction of sp³-hybridized carbons (Fsp3) is 0.467. The van der Waals surface area contributed by atoms with Crippen LogP contribution in [0.1, 0.15) is 85.3 Å². The molecular formula is C30H40IrNO3-. The molecule has 0 atom stereocenters. The minimum Gasteiger partial charge on any atom is -0.512 e. The Bertz CT molecular complexity index is 1140. The molecule has 0 aliphatic heterocycles. The first-order chi connectivity index (χ1) is 15.8. The van der Waals surface area contributed by atoms with E-state index < -0.39 is 5.41 Å². The second-order valence-electron chi connectivity index (χ2n) is 10.9. The summed E-state index contributed by atoms with van der Waals surface area (Å²) in [4.78, 5) is 16.0. The summed E-state index contributed by atoms with van der Waals surface area (Å²) >= 11 is 0. The topological polar surface area (TPSA) is 63.3 Å². The molecule has 1 aromatic carbocycles. The van der Waals surface area contributed by atoms with Crippen molar-refractivity contribution in [2.75, 3.05) is 0 Å². The van der Waals surface area contributed by atoms with Crippen LogP contribution in [0.25, 0.3) is 22.2 Å². The maximum absolute atomic E-state index is 11.5. The van der Waals surface area contributed by atoms with Crippen molar-refractivity contribution < 1.29 is 34.4 Å². The molecule has 0 bridgehead atoms. The van der Waals surface area contributed by atoms with E-state index in [4.69, 9.17) is 4.42 Å². The second kappa shape index (κ2) is 12.6. The van der Waals surface area contributed by atoms with Crippen molar-refractivity contribution in [1.82, 2.24) is 4.98 Å². The van der Waals surface area contributed by atoms with Crippen LogP contribution >= 0.6 is 0 Å². The van der Waals surface area contributed by atoms with Crippen LogP contribution < -0.4 is 0 Å². The van der Waals surface area contributed by atoms with Gasteiger partial charge in [-0.25, -0.2) is 0 Å². The number of hydrogen-bond donors (Lipinski definition) is 1. The van der Waals surface area contributed by atoms with Crippen LogP contribution in [0, 0.1) is 23.8 Å². The standard InChI is InChI=1S/C19H20NO.C11H20O2.Ir/c1-4-14(5-2)16-8-13(3)9-17(10-16)18-11-15-6-7-21-19(15)12-20-18;1-10(2,3)8(12)7-9(13)11(4,5)6;/h6-8,10-12,14H,4-5H2,1-3H3;7,12H,1-6H3;/q-1;;/b;8-7-;. The van der Waals surface area contributed by atoms with Gasteiger partial charge in [0, 0.05) is 42.4 Å². The van der Waals surface area contributed by atoms with Crippen LogP contribution in [0.3, 0.4) is 0 Å². The molecular weight excluding hydrogens is 615 g/mol. The number of rotatable bonds is 5. The molecule has 1 radical (unpaired) electrons. The molecule has 4 nitrogen and oxygen atoms in total. The largest absolute Gasteiger partial charge is 0.512 e. The van der Waals surface area contributed by atoms with Crippen molar-refractivity contribution in [1.29, 1.82) is 0 Å². The number of nitrogens with zero attached hydrogens (tertiary/aromatic N) is 1. The van der Waals surface area contributed by atoms with Gasteiger partial charge in [-0.05, 0) is 17.7 Å². The van der Waals surface area contributed by atoms with Crippen molar-refractivity contribution in [3.8, 4) is 11.3 Å². The van der Waals surface area contributed by atoms with Crippen molar-refractivity contribution in [3.63, 3.8) is 0 Å². The zero-order chi connectivity index (χ0) is 25.7. The van der Waals surface area contributed by atoms with Gasteiger partial charge in [0.1, 0.15) is 11.3 Å². The molecule has 2 heterocycles. The summed E-state index contributed by atoms with van der Waals surface area (Å²) in [5, 5.41) is 10.6. The molecule has 0 saturated heterocycles. The van der Waals surface area contributed by atoms with Gasteiger partial charge in [-0.2, -0.15) is 0 Å². The van der Waals surface area contributed by atoms with Crippen LogP contribution in [0.15, 0.2) is 53.0 Å². The number of pyridine rings is 1. The van der Waals surface area contributed by atoms with Gasteiger partial charge in [-0.3, -0.25) is 4.79 Å². The predicted molar refractivity (Wildman–Crippen MR) is 141 cm³/mol. The van der Waals surface area contributed by atoms with Gasteiger partial charge >= 0.3 is 0 Å².